The molecular weight excluding hydrogens is 196 g/mol. The highest BCUT2D eigenvalue weighted by Gasteiger charge is 2.26. The second kappa shape index (κ2) is 7.29. The summed E-state index contributed by atoms with van der Waals surface area (Å²) in [6.45, 7) is 7.15. The fraction of sp³-hybridized carbons (Fsp3) is 1.00. The van der Waals surface area contributed by atoms with E-state index in [0.717, 1.165) is 17.9 Å². The highest BCUT2D eigenvalue weighted by atomic mass is 15.1. The topological polar surface area (TPSA) is 15.3 Å². The zero-order chi connectivity index (χ0) is 12.0. The zero-order valence-electron chi connectivity index (χ0n) is 11.6. The van der Waals surface area contributed by atoms with Crippen LogP contribution in [0.2, 0.25) is 0 Å². The summed E-state index contributed by atoms with van der Waals surface area (Å²) in [6, 6.07) is 0.788. The Morgan fingerprint density at radius 3 is 2.50 bits per heavy atom. The van der Waals surface area contributed by atoms with Crippen LogP contribution in [0.25, 0.3) is 0 Å². The molecule has 2 atom stereocenters. The molecule has 2 unspecified atom stereocenters. The van der Waals surface area contributed by atoms with Gasteiger partial charge < -0.3 is 10.2 Å². The Labute approximate surface area is 102 Å². The van der Waals surface area contributed by atoms with Crippen molar-refractivity contribution in [1.82, 2.24) is 10.2 Å². The lowest BCUT2D eigenvalue weighted by atomic mass is 9.78. The van der Waals surface area contributed by atoms with Crippen molar-refractivity contribution < 1.29 is 0 Å². The van der Waals surface area contributed by atoms with Gasteiger partial charge in [0, 0.05) is 6.04 Å². The fourth-order valence-electron chi connectivity index (χ4n) is 2.89. The SMILES string of the molecule is CC(C)C1CCCCC1NCCCN(C)C. The number of hydrogen-bond donors (Lipinski definition) is 1. The Kier molecular flexibility index (Phi) is 6.37. The molecule has 96 valence electrons. The first-order valence-electron chi connectivity index (χ1n) is 6.99. The van der Waals surface area contributed by atoms with E-state index in [4.69, 9.17) is 0 Å². The molecule has 1 aliphatic carbocycles. The first kappa shape index (κ1) is 14.0. The van der Waals surface area contributed by atoms with Crippen molar-refractivity contribution >= 4 is 0 Å². The minimum absolute atomic E-state index is 0.788. The minimum atomic E-state index is 0.788. The molecule has 0 bridgehead atoms. The highest BCUT2D eigenvalue weighted by molar-refractivity contribution is 4.82. The van der Waals surface area contributed by atoms with Gasteiger partial charge in [0.05, 0.1) is 0 Å². The molecule has 1 N–H and O–H groups in total. The highest BCUT2D eigenvalue weighted by Crippen LogP contribution is 2.30. The van der Waals surface area contributed by atoms with E-state index >= 15 is 0 Å². The third-order valence-electron chi connectivity index (χ3n) is 3.86. The molecule has 0 saturated heterocycles. The number of rotatable bonds is 6. The number of nitrogens with zero attached hydrogens (tertiary/aromatic N) is 1. The van der Waals surface area contributed by atoms with Crippen LogP contribution >= 0.6 is 0 Å². The first-order valence-corrected chi connectivity index (χ1v) is 6.99. The van der Waals surface area contributed by atoms with Gasteiger partial charge in [0.25, 0.3) is 0 Å². The third kappa shape index (κ3) is 4.84. The zero-order valence-corrected chi connectivity index (χ0v) is 11.6. The van der Waals surface area contributed by atoms with Crippen LogP contribution in [0.5, 0.6) is 0 Å². The van der Waals surface area contributed by atoms with Gasteiger partial charge in [-0.05, 0) is 58.3 Å². The van der Waals surface area contributed by atoms with Gasteiger partial charge in [0.1, 0.15) is 0 Å². The summed E-state index contributed by atoms with van der Waals surface area (Å²) in [5, 5.41) is 3.78. The monoisotopic (exact) mass is 226 g/mol. The molecule has 1 rings (SSSR count). The predicted molar refractivity (Wildman–Crippen MR) is 71.8 cm³/mol. The predicted octanol–water partition coefficient (Wildman–Crippen LogP) is 2.74. The summed E-state index contributed by atoms with van der Waals surface area (Å²) in [4.78, 5) is 2.27. The van der Waals surface area contributed by atoms with E-state index in [1.807, 2.05) is 0 Å². The van der Waals surface area contributed by atoms with Gasteiger partial charge >= 0.3 is 0 Å². The summed E-state index contributed by atoms with van der Waals surface area (Å²) in [5.74, 6) is 1.75. The van der Waals surface area contributed by atoms with E-state index in [0.29, 0.717) is 0 Å². The lowest BCUT2D eigenvalue weighted by molar-refractivity contribution is 0.204. The van der Waals surface area contributed by atoms with Gasteiger partial charge in [-0.2, -0.15) is 0 Å². The van der Waals surface area contributed by atoms with Crippen LogP contribution in [0, 0.1) is 11.8 Å². The Hall–Kier alpha value is -0.0800. The first-order chi connectivity index (χ1) is 7.61. The van der Waals surface area contributed by atoms with Crippen LogP contribution in [0.1, 0.15) is 46.0 Å². The van der Waals surface area contributed by atoms with Crippen LogP contribution < -0.4 is 5.32 Å². The maximum atomic E-state index is 3.78. The molecule has 0 aromatic heterocycles. The van der Waals surface area contributed by atoms with Crippen LogP contribution in [0.15, 0.2) is 0 Å². The summed E-state index contributed by atoms with van der Waals surface area (Å²) in [7, 11) is 4.30. The van der Waals surface area contributed by atoms with Crippen molar-refractivity contribution in [3.63, 3.8) is 0 Å². The Bertz CT molecular complexity index is 178. The molecular formula is C14H30N2. The maximum absolute atomic E-state index is 3.78. The minimum Gasteiger partial charge on any atom is -0.314 e. The lowest BCUT2D eigenvalue weighted by Gasteiger charge is -2.35. The standard InChI is InChI=1S/C14H30N2/c1-12(2)13-8-5-6-9-14(13)15-10-7-11-16(3)4/h12-15H,5-11H2,1-4H3. The average Bonchev–Trinajstić information content (AvgIpc) is 2.24. The van der Waals surface area contributed by atoms with Crippen LogP contribution in [0.4, 0.5) is 0 Å². The van der Waals surface area contributed by atoms with E-state index in [-0.39, 0.29) is 0 Å². The van der Waals surface area contributed by atoms with E-state index in [2.05, 4.69) is 38.2 Å². The largest absolute Gasteiger partial charge is 0.314 e. The molecule has 1 fully saturated rings. The van der Waals surface area contributed by atoms with E-state index in [1.54, 1.807) is 0 Å². The van der Waals surface area contributed by atoms with Crippen molar-refractivity contribution in [2.45, 2.75) is 52.0 Å². The molecule has 0 aliphatic heterocycles. The molecule has 0 aromatic carbocycles. The third-order valence-corrected chi connectivity index (χ3v) is 3.86. The average molecular weight is 226 g/mol. The van der Waals surface area contributed by atoms with Crippen molar-refractivity contribution in [3.05, 3.63) is 0 Å². The van der Waals surface area contributed by atoms with Gasteiger partial charge in [0.2, 0.25) is 0 Å². The van der Waals surface area contributed by atoms with Gasteiger partial charge in [-0.3, -0.25) is 0 Å². The van der Waals surface area contributed by atoms with Crippen LogP contribution in [-0.2, 0) is 0 Å². The molecule has 1 aliphatic rings. The quantitative estimate of drug-likeness (QED) is 0.701. The molecule has 0 amide bonds. The van der Waals surface area contributed by atoms with Gasteiger partial charge in [-0.15, -0.1) is 0 Å². The fourth-order valence-corrected chi connectivity index (χ4v) is 2.89. The molecule has 2 nitrogen and oxygen atoms in total. The van der Waals surface area contributed by atoms with E-state index in [1.165, 1.54) is 45.2 Å². The second-order valence-corrected chi connectivity index (χ2v) is 5.91. The molecule has 0 spiro atoms. The smallest absolute Gasteiger partial charge is 0.00977 e. The Morgan fingerprint density at radius 1 is 1.19 bits per heavy atom. The van der Waals surface area contributed by atoms with Gasteiger partial charge in [-0.1, -0.05) is 26.7 Å². The van der Waals surface area contributed by atoms with Crippen molar-refractivity contribution in [3.8, 4) is 0 Å². The lowest BCUT2D eigenvalue weighted by Crippen LogP contribution is -2.41. The number of nitrogens with one attached hydrogen (secondary N) is 1. The van der Waals surface area contributed by atoms with Gasteiger partial charge in [-0.25, -0.2) is 0 Å². The van der Waals surface area contributed by atoms with Crippen molar-refractivity contribution in [1.29, 1.82) is 0 Å². The van der Waals surface area contributed by atoms with Gasteiger partial charge in [0.15, 0.2) is 0 Å². The second-order valence-electron chi connectivity index (χ2n) is 5.91. The van der Waals surface area contributed by atoms with Crippen molar-refractivity contribution in [2.24, 2.45) is 11.8 Å². The number of hydrogen-bond acceptors (Lipinski definition) is 2. The summed E-state index contributed by atoms with van der Waals surface area (Å²) < 4.78 is 0. The Balaban J connectivity index is 2.22. The summed E-state index contributed by atoms with van der Waals surface area (Å²) in [6.07, 6.45) is 6.97. The van der Waals surface area contributed by atoms with E-state index < -0.39 is 0 Å². The van der Waals surface area contributed by atoms with E-state index in [9.17, 15) is 0 Å². The van der Waals surface area contributed by atoms with Crippen molar-refractivity contribution in [2.75, 3.05) is 27.2 Å². The molecule has 0 radical (unpaired) electrons. The summed E-state index contributed by atoms with van der Waals surface area (Å²) >= 11 is 0. The Morgan fingerprint density at radius 2 is 1.88 bits per heavy atom. The normalized spacial score (nSPS) is 26.6. The molecule has 0 heterocycles. The summed E-state index contributed by atoms with van der Waals surface area (Å²) in [5.41, 5.74) is 0. The van der Waals surface area contributed by atoms with Crippen LogP contribution in [0.3, 0.4) is 0 Å². The van der Waals surface area contributed by atoms with Crippen LogP contribution in [-0.4, -0.2) is 38.1 Å². The molecule has 16 heavy (non-hydrogen) atoms. The maximum Gasteiger partial charge on any atom is 0.00977 e. The molecule has 1 saturated carbocycles. The molecule has 0 aromatic rings. The molecule has 2 heteroatoms.